The maximum absolute atomic E-state index is 13.3. The van der Waals surface area contributed by atoms with Crippen LogP contribution in [-0.2, 0) is 16.0 Å². The summed E-state index contributed by atoms with van der Waals surface area (Å²) in [5.74, 6) is 0.465. The molecule has 2 aromatic carbocycles. The lowest BCUT2D eigenvalue weighted by Crippen LogP contribution is -2.25. The molecule has 3 aromatic rings. The van der Waals surface area contributed by atoms with E-state index in [0.29, 0.717) is 33.2 Å². The van der Waals surface area contributed by atoms with Crippen LogP contribution in [0.5, 0.6) is 11.5 Å². The fourth-order valence-corrected chi connectivity index (χ4v) is 4.29. The summed E-state index contributed by atoms with van der Waals surface area (Å²) < 4.78 is 18.4. The summed E-state index contributed by atoms with van der Waals surface area (Å²) in [5.41, 5.74) is 0.871. The number of fused-ring (bicyclic) bond motifs is 1. The van der Waals surface area contributed by atoms with Crippen LogP contribution in [0.15, 0.2) is 43.1 Å². The van der Waals surface area contributed by atoms with E-state index < -0.39 is 12.1 Å². The van der Waals surface area contributed by atoms with Crippen molar-refractivity contribution in [2.75, 3.05) is 14.2 Å². The Labute approximate surface area is 224 Å². The minimum absolute atomic E-state index is 0.175. The molecule has 1 heterocycles. The van der Waals surface area contributed by atoms with Crippen LogP contribution in [0, 0.1) is 0 Å². The number of ether oxygens (including phenoxy) is 3. The van der Waals surface area contributed by atoms with Gasteiger partial charge >= 0.3 is 5.97 Å². The molecule has 3 rings (SSSR count). The van der Waals surface area contributed by atoms with Gasteiger partial charge < -0.3 is 14.2 Å². The van der Waals surface area contributed by atoms with Gasteiger partial charge in [-0.25, -0.2) is 9.78 Å². The SMILES string of the molecule is CCCCc1nc2ccc(Br)cc2c(=O)n1N=Cc1cc(OC)c(O[C@@H](C)C(=O)OC)c(Cl)c1Br. The third-order valence-corrected chi connectivity index (χ3v) is 7.08. The van der Waals surface area contributed by atoms with Gasteiger partial charge in [-0.2, -0.15) is 9.78 Å². The Morgan fingerprint density at radius 2 is 2.03 bits per heavy atom. The first kappa shape index (κ1) is 27.2. The first-order chi connectivity index (χ1) is 16.7. The number of esters is 1. The largest absolute Gasteiger partial charge is 0.493 e. The van der Waals surface area contributed by atoms with Crippen molar-refractivity contribution in [3.8, 4) is 11.5 Å². The normalized spacial score (nSPS) is 12.2. The number of rotatable bonds is 9. The van der Waals surface area contributed by atoms with E-state index in [1.807, 2.05) is 6.07 Å². The Morgan fingerprint density at radius 1 is 1.29 bits per heavy atom. The molecule has 0 amide bonds. The number of carbonyl (C=O) groups is 1. The number of aryl methyl sites for hydroxylation is 1. The van der Waals surface area contributed by atoms with Crippen molar-refractivity contribution in [1.29, 1.82) is 0 Å². The van der Waals surface area contributed by atoms with E-state index in [9.17, 15) is 9.59 Å². The number of halogens is 3. The van der Waals surface area contributed by atoms with Crippen molar-refractivity contribution in [1.82, 2.24) is 9.66 Å². The lowest BCUT2D eigenvalue weighted by Gasteiger charge is -2.18. The number of methoxy groups -OCH3 is 2. The second-order valence-electron chi connectivity index (χ2n) is 7.56. The van der Waals surface area contributed by atoms with Crippen molar-refractivity contribution in [3.05, 3.63) is 60.0 Å². The van der Waals surface area contributed by atoms with E-state index in [4.69, 9.17) is 25.8 Å². The average molecular weight is 630 g/mol. The van der Waals surface area contributed by atoms with E-state index in [0.717, 1.165) is 17.3 Å². The van der Waals surface area contributed by atoms with Gasteiger partial charge in [0, 0.05) is 20.9 Å². The molecule has 11 heteroatoms. The number of aromatic nitrogens is 2. The third-order valence-electron chi connectivity index (χ3n) is 5.15. The lowest BCUT2D eigenvalue weighted by molar-refractivity contribution is -0.147. The predicted octanol–water partition coefficient (Wildman–Crippen LogP) is 5.75. The molecule has 0 aliphatic heterocycles. The summed E-state index contributed by atoms with van der Waals surface area (Å²) in [6.07, 6.45) is 2.99. The zero-order chi connectivity index (χ0) is 25.7. The molecule has 8 nitrogen and oxygen atoms in total. The van der Waals surface area contributed by atoms with Gasteiger partial charge in [0.25, 0.3) is 5.56 Å². The Balaban J connectivity index is 2.09. The summed E-state index contributed by atoms with van der Waals surface area (Å²) in [6.45, 7) is 3.61. The first-order valence-electron chi connectivity index (χ1n) is 10.8. The van der Waals surface area contributed by atoms with Gasteiger partial charge in [-0.3, -0.25) is 4.79 Å². The molecule has 0 unspecified atom stereocenters. The fourth-order valence-electron chi connectivity index (χ4n) is 3.28. The van der Waals surface area contributed by atoms with Gasteiger partial charge in [0.1, 0.15) is 10.8 Å². The molecule has 0 fully saturated rings. The van der Waals surface area contributed by atoms with Crippen LogP contribution < -0.4 is 15.0 Å². The van der Waals surface area contributed by atoms with Crippen LogP contribution >= 0.6 is 43.5 Å². The van der Waals surface area contributed by atoms with Crippen LogP contribution in [0.4, 0.5) is 0 Å². The summed E-state index contributed by atoms with van der Waals surface area (Å²) in [7, 11) is 2.72. The number of hydrogen-bond donors (Lipinski definition) is 0. The van der Waals surface area contributed by atoms with Crippen LogP contribution in [-0.4, -0.2) is 42.2 Å². The van der Waals surface area contributed by atoms with Crippen molar-refractivity contribution >= 4 is 66.5 Å². The molecule has 35 heavy (non-hydrogen) atoms. The topological polar surface area (TPSA) is 92.0 Å². The lowest BCUT2D eigenvalue weighted by atomic mass is 10.2. The Kier molecular flexibility index (Phi) is 9.32. The molecule has 0 N–H and O–H groups in total. The predicted molar refractivity (Wildman–Crippen MR) is 143 cm³/mol. The average Bonchev–Trinajstić information content (AvgIpc) is 2.85. The molecular formula is C24H24Br2ClN3O5. The number of benzene rings is 2. The van der Waals surface area contributed by atoms with Gasteiger partial charge in [-0.05, 0) is 53.5 Å². The maximum Gasteiger partial charge on any atom is 0.346 e. The van der Waals surface area contributed by atoms with Gasteiger partial charge in [-0.1, -0.05) is 40.9 Å². The Hall–Kier alpha value is -2.43. The molecule has 0 saturated carbocycles. The second kappa shape index (κ2) is 12.0. The molecule has 1 atom stereocenters. The molecule has 0 radical (unpaired) electrons. The number of carbonyl (C=O) groups excluding carboxylic acids is 1. The monoisotopic (exact) mass is 627 g/mol. The highest BCUT2D eigenvalue weighted by Gasteiger charge is 2.23. The molecular weight excluding hydrogens is 606 g/mol. The van der Waals surface area contributed by atoms with E-state index in [1.54, 1.807) is 25.1 Å². The maximum atomic E-state index is 13.3. The van der Waals surface area contributed by atoms with Crippen molar-refractivity contribution < 1.29 is 19.0 Å². The zero-order valence-corrected chi connectivity index (χ0v) is 23.5. The highest BCUT2D eigenvalue weighted by atomic mass is 79.9. The fraction of sp³-hybridized carbons (Fsp3) is 0.333. The number of hydrogen-bond acceptors (Lipinski definition) is 7. The second-order valence-corrected chi connectivity index (χ2v) is 9.65. The minimum Gasteiger partial charge on any atom is -0.493 e. The summed E-state index contributed by atoms with van der Waals surface area (Å²) in [4.78, 5) is 29.8. The number of nitrogens with zero attached hydrogens (tertiary/aromatic N) is 3. The molecule has 0 bridgehead atoms. The third kappa shape index (κ3) is 6.05. The highest BCUT2D eigenvalue weighted by molar-refractivity contribution is 9.10. The molecule has 0 aliphatic carbocycles. The zero-order valence-electron chi connectivity index (χ0n) is 19.6. The van der Waals surface area contributed by atoms with Crippen molar-refractivity contribution in [2.24, 2.45) is 5.10 Å². The summed E-state index contributed by atoms with van der Waals surface area (Å²) >= 11 is 13.4. The van der Waals surface area contributed by atoms with Crippen molar-refractivity contribution in [2.45, 2.75) is 39.2 Å². The number of unbranched alkanes of at least 4 members (excludes halogenated alkanes) is 1. The highest BCUT2D eigenvalue weighted by Crippen LogP contribution is 2.42. The van der Waals surface area contributed by atoms with Gasteiger partial charge in [0.05, 0.1) is 31.3 Å². The smallest absolute Gasteiger partial charge is 0.346 e. The van der Waals surface area contributed by atoms with Crippen molar-refractivity contribution in [3.63, 3.8) is 0 Å². The minimum atomic E-state index is -0.902. The van der Waals surface area contributed by atoms with Gasteiger partial charge in [0.15, 0.2) is 17.6 Å². The van der Waals surface area contributed by atoms with Crippen LogP contribution in [0.3, 0.4) is 0 Å². The van der Waals surface area contributed by atoms with E-state index in [2.05, 4.69) is 48.9 Å². The molecule has 0 saturated heterocycles. The van der Waals surface area contributed by atoms with Gasteiger partial charge in [0.2, 0.25) is 0 Å². The standard InChI is InChI=1S/C24H24Br2ClN3O5/c1-5-6-7-19-29-17-9-8-15(25)11-16(17)23(31)30(19)28-12-14-10-18(33-3)22(21(27)20(14)26)35-13(2)24(32)34-4/h8-13H,5-7H2,1-4H3/t13-/m0/s1. The van der Waals surface area contributed by atoms with E-state index in [-0.39, 0.29) is 22.1 Å². The van der Waals surface area contributed by atoms with Crippen LogP contribution in [0.1, 0.15) is 38.1 Å². The van der Waals surface area contributed by atoms with E-state index in [1.165, 1.54) is 25.1 Å². The summed E-state index contributed by atoms with van der Waals surface area (Å²) in [6, 6.07) is 7.02. The molecule has 186 valence electrons. The molecule has 0 aliphatic rings. The molecule has 1 aromatic heterocycles. The summed E-state index contributed by atoms with van der Waals surface area (Å²) in [5, 5.41) is 5.09. The van der Waals surface area contributed by atoms with Crippen LogP contribution in [0.25, 0.3) is 10.9 Å². The Morgan fingerprint density at radius 3 is 2.69 bits per heavy atom. The van der Waals surface area contributed by atoms with Crippen LogP contribution in [0.2, 0.25) is 5.02 Å². The van der Waals surface area contributed by atoms with E-state index >= 15 is 0 Å². The van der Waals surface area contributed by atoms with Gasteiger partial charge in [-0.15, -0.1) is 0 Å². The Bertz CT molecular complexity index is 1340. The first-order valence-corrected chi connectivity index (χ1v) is 12.7. The molecule has 0 spiro atoms. The quantitative estimate of drug-likeness (QED) is 0.221.